The molecule has 0 bridgehead atoms. The van der Waals surface area contributed by atoms with E-state index in [1.54, 1.807) is 50.3 Å². The Morgan fingerprint density at radius 3 is 1.78 bits per heavy atom. The summed E-state index contributed by atoms with van der Waals surface area (Å²) in [6.07, 6.45) is 13.4. The van der Waals surface area contributed by atoms with Crippen LogP contribution in [-0.4, -0.2) is 51.5 Å². The first-order chi connectivity index (χ1) is 17.6. The molecule has 0 spiro atoms. The number of amides is 2. The Kier molecular flexibility index (Phi) is 11.8. The molecule has 192 valence electrons. The summed E-state index contributed by atoms with van der Waals surface area (Å²) in [5.74, 6) is 5.70. The molecule has 2 aliphatic rings. The fourth-order valence-electron chi connectivity index (χ4n) is 3.13. The molecule has 6 nitrogen and oxygen atoms in total. The van der Waals surface area contributed by atoms with Crippen molar-refractivity contribution in [2.45, 2.75) is 25.6 Å². The predicted octanol–water partition coefficient (Wildman–Crippen LogP) is 5.70. The highest BCUT2D eigenvalue weighted by Gasteiger charge is 2.30. The number of halogens is 3. The normalized spacial score (nSPS) is 17.9. The Hall–Kier alpha value is -3.17. The van der Waals surface area contributed by atoms with Gasteiger partial charge < -0.3 is 14.7 Å². The molecule has 2 aromatic carbocycles. The van der Waals surface area contributed by atoms with Gasteiger partial charge in [0.15, 0.2) is 6.23 Å². The number of aromatic hydroxyl groups is 1. The lowest BCUT2D eigenvalue weighted by molar-refractivity contribution is -0.129. The van der Waals surface area contributed by atoms with Gasteiger partial charge in [0.25, 0.3) is 11.8 Å². The van der Waals surface area contributed by atoms with Gasteiger partial charge in [-0.15, -0.1) is 12.8 Å². The molecule has 1 N–H and O–H groups in total. The molecule has 2 aromatic rings. The van der Waals surface area contributed by atoms with E-state index in [0.717, 1.165) is 8.95 Å². The number of alkyl halides is 1. The minimum atomic E-state index is -0.422. The average Bonchev–Trinajstić information content (AvgIpc) is 3.27. The SMILES string of the molecule is C#CCN1C(=O)C(C)=CC1Cl.C#CCN1C(=O)C(C)=CC1Oc1ccc(Br)cc1.Oc1ccc(Br)cc1. The van der Waals surface area contributed by atoms with E-state index in [0.29, 0.717) is 22.6 Å². The highest BCUT2D eigenvalue weighted by atomic mass is 79.9. The largest absolute Gasteiger partial charge is 0.508 e. The molecule has 37 heavy (non-hydrogen) atoms. The van der Waals surface area contributed by atoms with Gasteiger partial charge in [0.1, 0.15) is 17.0 Å². The number of benzene rings is 2. The van der Waals surface area contributed by atoms with Crippen LogP contribution in [-0.2, 0) is 9.59 Å². The van der Waals surface area contributed by atoms with Gasteiger partial charge in [-0.1, -0.05) is 55.3 Å². The van der Waals surface area contributed by atoms with E-state index in [1.807, 2.05) is 24.3 Å². The molecule has 0 radical (unpaired) electrons. The average molecular weight is 649 g/mol. The third-order valence-electron chi connectivity index (χ3n) is 5.00. The van der Waals surface area contributed by atoms with Crippen molar-refractivity contribution in [3.8, 4) is 36.2 Å². The van der Waals surface area contributed by atoms with Crippen molar-refractivity contribution >= 4 is 55.3 Å². The number of ether oxygens (including phenoxy) is 1. The molecular formula is C28H25Br2ClN2O4. The van der Waals surface area contributed by atoms with Crippen LogP contribution in [0.1, 0.15) is 13.8 Å². The van der Waals surface area contributed by atoms with Gasteiger partial charge in [0, 0.05) is 20.1 Å². The maximum atomic E-state index is 11.8. The van der Waals surface area contributed by atoms with Crippen LogP contribution in [0, 0.1) is 24.7 Å². The van der Waals surface area contributed by atoms with Crippen LogP contribution in [0.4, 0.5) is 0 Å². The lowest BCUT2D eigenvalue weighted by Crippen LogP contribution is -2.38. The molecule has 2 aliphatic heterocycles. The van der Waals surface area contributed by atoms with Gasteiger partial charge in [0.2, 0.25) is 0 Å². The molecule has 4 rings (SSSR count). The Morgan fingerprint density at radius 1 is 0.865 bits per heavy atom. The molecule has 0 aromatic heterocycles. The van der Waals surface area contributed by atoms with E-state index >= 15 is 0 Å². The minimum Gasteiger partial charge on any atom is -0.508 e. The monoisotopic (exact) mass is 646 g/mol. The van der Waals surface area contributed by atoms with E-state index in [2.05, 4.69) is 43.7 Å². The van der Waals surface area contributed by atoms with E-state index in [1.165, 1.54) is 9.80 Å². The van der Waals surface area contributed by atoms with Crippen molar-refractivity contribution in [1.82, 2.24) is 9.80 Å². The van der Waals surface area contributed by atoms with Crippen LogP contribution in [0.3, 0.4) is 0 Å². The fraction of sp³-hybridized carbons (Fsp3) is 0.214. The summed E-state index contributed by atoms with van der Waals surface area (Å²) < 4.78 is 7.71. The lowest BCUT2D eigenvalue weighted by Gasteiger charge is -2.23. The van der Waals surface area contributed by atoms with Crippen LogP contribution in [0.5, 0.6) is 11.5 Å². The van der Waals surface area contributed by atoms with Crippen molar-refractivity contribution in [2.24, 2.45) is 0 Å². The Bertz CT molecular complexity index is 1220. The molecule has 2 heterocycles. The maximum absolute atomic E-state index is 11.8. The number of carbonyl (C=O) groups excluding carboxylic acids is 2. The first-order valence-electron chi connectivity index (χ1n) is 10.9. The third-order valence-corrected chi connectivity index (χ3v) is 6.42. The zero-order chi connectivity index (χ0) is 27.5. The number of carbonyl (C=O) groups is 2. The molecule has 2 atom stereocenters. The third kappa shape index (κ3) is 9.02. The number of phenolic OH excluding ortho intramolecular Hbond substituents is 1. The second kappa shape index (κ2) is 14.5. The summed E-state index contributed by atoms with van der Waals surface area (Å²) >= 11 is 12.4. The molecule has 2 unspecified atom stereocenters. The Balaban J connectivity index is 0.000000215. The smallest absolute Gasteiger partial charge is 0.253 e. The number of hydrogen-bond acceptors (Lipinski definition) is 4. The van der Waals surface area contributed by atoms with E-state index in [-0.39, 0.29) is 30.4 Å². The first kappa shape index (κ1) is 30.1. The lowest BCUT2D eigenvalue weighted by atomic mass is 10.3. The van der Waals surface area contributed by atoms with Crippen molar-refractivity contribution < 1.29 is 19.4 Å². The predicted molar refractivity (Wildman–Crippen MR) is 153 cm³/mol. The van der Waals surface area contributed by atoms with Crippen LogP contribution >= 0.6 is 43.5 Å². The Morgan fingerprint density at radius 2 is 1.32 bits per heavy atom. The highest BCUT2D eigenvalue weighted by Crippen LogP contribution is 2.23. The molecular weight excluding hydrogens is 624 g/mol. The number of rotatable bonds is 4. The standard InChI is InChI=1S/C14H12BrNO2.C8H8ClNO.C6H5BrO/c1-3-8-16-13(9-10(2)14(16)17)18-12-6-4-11(15)5-7-12;1-3-4-10-7(9)5-6(2)8(10)11;7-5-1-3-6(8)4-2-5/h1,4-7,9,13H,8H2,2H3;1,5,7H,4H2,2H3;1-4,8H. The summed E-state index contributed by atoms with van der Waals surface area (Å²) in [6, 6.07) is 14.3. The second-order valence-electron chi connectivity index (χ2n) is 7.79. The van der Waals surface area contributed by atoms with Gasteiger partial charge in [-0.2, -0.15) is 0 Å². The summed E-state index contributed by atoms with van der Waals surface area (Å²) in [5, 5.41) is 8.74. The quantitative estimate of drug-likeness (QED) is 0.262. The molecule has 0 saturated heterocycles. The highest BCUT2D eigenvalue weighted by molar-refractivity contribution is 9.10. The van der Waals surface area contributed by atoms with Crippen LogP contribution in [0.2, 0.25) is 0 Å². The van der Waals surface area contributed by atoms with Gasteiger partial charge in [-0.25, -0.2) is 0 Å². The van der Waals surface area contributed by atoms with Crippen molar-refractivity contribution in [3.63, 3.8) is 0 Å². The molecule has 9 heteroatoms. The van der Waals surface area contributed by atoms with Crippen molar-refractivity contribution in [3.05, 3.63) is 80.8 Å². The van der Waals surface area contributed by atoms with Crippen LogP contribution < -0.4 is 4.74 Å². The molecule has 0 saturated carbocycles. The fourth-order valence-corrected chi connectivity index (χ4v) is 4.01. The van der Waals surface area contributed by atoms with Crippen LogP contribution in [0.15, 0.2) is 80.8 Å². The van der Waals surface area contributed by atoms with Gasteiger partial charge >= 0.3 is 0 Å². The van der Waals surface area contributed by atoms with E-state index in [4.69, 9.17) is 34.3 Å². The summed E-state index contributed by atoms with van der Waals surface area (Å²) in [7, 11) is 0. The van der Waals surface area contributed by atoms with Gasteiger partial charge in [-0.05, 0) is 74.5 Å². The van der Waals surface area contributed by atoms with Crippen molar-refractivity contribution in [2.75, 3.05) is 13.1 Å². The topological polar surface area (TPSA) is 70.1 Å². The second-order valence-corrected chi connectivity index (χ2v) is 10.1. The van der Waals surface area contributed by atoms with Crippen LogP contribution in [0.25, 0.3) is 0 Å². The number of terminal acetylenes is 2. The number of phenols is 1. The summed E-state index contributed by atoms with van der Waals surface area (Å²) in [4.78, 5) is 26.0. The number of nitrogens with zero attached hydrogens (tertiary/aromatic N) is 2. The first-order valence-corrected chi connectivity index (χ1v) is 13.0. The summed E-state index contributed by atoms with van der Waals surface area (Å²) in [6.45, 7) is 4.01. The number of hydrogen-bond donors (Lipinski definition) is 1. The summed E-state index contributed by atoms with van der Waals surface area (Å²) in [5.41, 5.74) is 0.964. The molecule has 0 aliphatic carbocycles. The van der Waals surface area contributed by atoms with E-state index < -0.39 is 6.23 Å². The Labute approximate surface area is 239 Å². The van der Waals surface area contributed by atoms with Gasteiger partial charge in [-0.3, -0.25) is 14.5 Å². The maximum Gasteiger partial charge on any atom is 0.253 e. The van der Waals surface area contributed by atoms with Crippen molar-refractivity contribution in [1.29, 1.82) is 0 Å². The van der Waals surface area contributed by atoms with Gasteiger partial charge in [0.05, 0.1) is 13.1 Å². The zero-order valence-corrected chi connectivity index (χ0v) is 24.1. The van der Waals surface area contributed by atoms with E-state index in [9.17, 15) is 9.59 Å². The zero-order valence-electron chi connectivity index (χ0n) is 20.2. The molecule has 2 amide bonds. The molecule has 0 fully saturated rings. The minimum absolute atomic E-state index is 0.0667.